The second kappa shape index (κ2) is 17.2. The van der Waals surface area contributed by atoms with Gasteiger partial charge in [0.25, 0.3) is 0 Å². The summed E-state index contributed by atoms with van der Waals surface area (Å²) in [5, 5.41) is 8.68. The number of amides is 4. The number of aromatic nitrogens is 4. The molecule has 2 N–H and O–H groups in total. The van der Waals surface area contributed by atoms with Crippen molar-refractivity contribution in [2.45, 2.75) is 0 Å². The largest absolute Gasteiger partial charge is 0.497 e. The lowest BCUT2D eigenvalue weighted by Gasteiger charge is -2.34. The first-order valence-electron chi connectivity index (χ1n) is 18.0. The van der Waals surface area contributed by atoms with Crippen molar-refractivity contribution in [3.8, 4) is 34.5 Å². The normalized spacial score (nSPS) is 10.8. The summed E-state index contributed by atoms with van der Waals surface area (Å²) in [5.41, 5.74) is 1.70. The standard InChI is InChI=1S/C44H33BrN8O6/c1-56-31-17-21-33(22-18-31)58-37-15-7-13-35-39(37)41(48-26-46-35)52(43(54)50-29-10-4-3-5-11-29)53(44(55)51-30-12-6-9-28(45)25-30)42-40-36(47-27-49-42)14-8-16-38(40)59-34-23-19-32(57-2)20-24-34/h3-27H,1-2H3,(H,50,54)(H,51,55). The molecule has 292 valence electrons. The lowest BCUT2D eigenvalue weighted by atomic mass is 10.2. The van der Waals surface area contributed by atoms with Crippen molar-refractivity contribution in [2.24, 2.45) is 0 Å². The number of ether oxygens (including phenoxy) is 4. The fraction of sp³-hybridized carbons (Fsp3) is 0.0455. The summed E-state index contributed by atoms with van der Waals surface area (Å²) in [6, 6.07) is 38.8. The van der Waals surface area contributed by atoms with Gasteiger partial charge in [-0.2, -0.15) is 10.0 Å². The van der Waals surface area contributed by atoms with Crippen LogP contribution in [0.4, 0.5) is 32.6 Å². The molecule has 15 heteroatoms. The Morgan fingerprint density at radius 2 is 0.949 bits per heavy atom. The lowest BCUT2D eigenvalue weighted by Crippen LogP contribution is -2.54. The van der Waals surface area contributed by atoms with Gasteiger partial charge in [0.1, 0.15) is 47.2 Å². The van der Waals surface area contributed by atoms with Crippen LogP contribution in [0.15, 0.2) is 157 Å². The molecule has 0 aliphatic heterocycles. The fourth-order valence-corrected chi connectivity index (χ4v) is 6.56. The van der Waals surface area contributed by atoms with Crippen molar-refractivity contribution in [1.82, 2.24) is 19.9 Å². The predicted octanol–water partition coefficient (Wildman–Crippen LogP) is 10.6. The molecule has 0 atom stereocenters. The number of urea groups is 2. The van der Waals surface area contributed by atoms with Gasteiger partial charge in [0.05, 0.1) is 36.0 Å². The highest BCUT2D eigenvalue weighted by molar-refractivity contribution is 9.10. The Kier molecular flexibility index (Phi) is 11.1. The van der Waals surface area contributed by atoms with Gasteiger partial charge in [0, 0.05) is 15.8 Å². The van der Waals surface area contributed by atoms with E-state index in [0.717, 1.165) is 10.0 Å². The molecule has 0 saturated carbocycles. The van der Waals surface area contributed by atoms with E-state index >= 15 is 9.59 Å². The van der Waals surface area contributed by atoms with Crippen LogP contribution in [0.3, 0.4) is 0 Å². The van der Waals surface area contributed by atoms with Crippen LogP contribution in [0.25, 0.3) is 21.8 Å². The topological polar surface area (TPSA) is 153 Å². The second-order valence-electron chi connectivity index (χ2n) is 12.6. The lowest BCUT2D eigenvalue weighted by molar-refractivity contribution is 0.248. The zero-order valence-corrected chi connectivity index (χ0v) is 33.0. The summed E-state index contributed by atoms with van der Waals surface area (Å²) in [4.78, 5) is 48.6. The molecule has 0 fully saturated rings. The minimum absolute atomic E-state index is 0.0164. The van der Waals surface area contributed by atoms with Crippen LogP contribution in [0.5, 0.6) is 34.5 Å². The zero-order chi connectivity index (χ0) is 40.7. The number of rotatable bonds is 10. The van der Waals surface area contributed by atoms with Crippen molar-refractivity contribution in [1.29, 1.82) is 0 Å². The van der Waals surface area contributed by atoms with E-state index in [4.69, 9.17) is 18.9 Å². The van der Waals surface area contributed by atoms with Gasteiger partial charge in [-0.1, -0.05) is 52.3 Å². The number of hydrogen-bond donors (Lipinski definition) is 2. The van der Waals surface area contributed by atoms with Gasteiger partial charge in [0.15, 0.2) is 11.6 Å². The van der Waals surface area contributed by atoms with Crippen molar-refractivity contribution in [2.75, 3.05) is 34.9 Å². The molecule has 0 radical (unpaired) electrons. The molecule has 4 amide bonds. The van der Waals surface area contributed by atoms with Crippen LogP contribution in [-0.2, 0) is 0 Å². The number of halogens is 1. The Morgan fingerprint density at radius 1 is 0.508 bits per heavy atom. The van der Waals surface area contributed by atoms with E-state index in [-0.39, 0.29) is 11.6 Å². The van der Waals surface area contributed by atoms with E-state index in [1.807, 2.05) is 12.1 Å². The van der Waals surface area contributed by atoms with Crippen molar-refractivity contribution < 1.29 is 28.5 Å². The van der Waals surface area contributed by atoms with Crippen LogP contribution in [0, 0.1) is 0 Å². The van der Waals surface area contributed by atoms with Crippen LogP contribution in [0.2, 0.25) is 0 Å². The number of hydrogen-bond acceptors (Lipinski definition) is 10. The molecule has 0 saturated heterocycles. The minimum atomic E-state index is -0.786. The highest BCUT2D eigenvalue weighted by atomic mass is 79.9. The fourth-order valence-electron chi connectivity index (χ4n) is 6.16. The number of para-hydroxylation sites is 1. The Bertz CT molecular complexity index is 2770. The number of nitrogens with zero attached hydrogens (tertiary/aromatic N) is 6. The van der Waals surface area contributed by atoms with E-state index in [9.17, 15) is 0 Å². The number of carbonyl (C=O) groups is 2. The van der Waals surface area contributed by atoms with Crippen molar-refractivity contribution in [3.63, 3.8) is 0 Å². The molecular weight excluding hydrogens is 816 g/mol. The van der Waals surface area contributed by atoms with Crippen molar-refractivity contribution >= 4 is 72.8 Å². The Morgan fingerprint density at radius 3 is 1.42 bits per heavy atom. The molecule has 2 aromatic heterocycles. The molecule has 0 aliphatic rings. The summed E-state index contributed by atoms with van der Waals surface area (Å²) < 4.78 is 24.3. The second-order valence-corrected chi connectivity index (χ2v) is 13.5. The first-order chi connectivity index (χ1) is 28.9. The highest BCUT2D eigenvalue weighted by Crippen LogP contribution is 2.40. The van der Waals surface area contributed by atoms with Gasteiger partial charge in [-0.25, -0.2) is 29.5 Å². The first kappa shape index (κ1) is 38.1. The molecule has 8 rings (SSSR count). The number of carbonyl (C=O) groups excluding carboxylic acids is 2. The number of anilines is 4. The third kappa shape index (κ3) is 8.36. The molecule has 14 nitrogen and oxygen atoms in total. The van der Waals surface area contributed by atoms with Gasteiger partial charge >= 0.3 is 12.1 Å². The maximum absolute atomic E-state index is 15.1. The number of hydrazine groups is 1. The number of fused-ring (bicyclic) bond motifs is 2. The first-order valence-corrected chi connectivity index (χ1v) is 18.8. The maximum Gasteiger partial charge on any atom is 0.347 e. The zero-order valence-electron chi connectivity index (χ0n) is 31.4. The van der Waals surface area contributed by atoms with E-state index in [0.29, 0.717) is 72.2 Å². The van der Waals surface area contributed by atoms with Crippen LogP contribution in [-0.4, -0.2) is 46.2 Å². The van der Waals surface area contributed by atoms with E-state index in [1.165, 1.54) is 12.7 Å². The molecule has 0 spiro atoms. The molecule has 6 aromatic carbocycles. The molecule has 0 aliphatic carbocycles. The summed E-state index contributed by atoms with van der Waals surface area (Å²) in [5.74, 6) is 2.78. The predicted molar refractivity (Wildman–Crippen MR) is 229 cm³/mol. The van der Waals surface area contributed by atoms with Crippen molar-refractivity contribution in [3.05, 3.63) is 157 Å². The van der Waals surface area contributed by atoms with Gasteiger partial charge in [0.2, 0.25) is 0 Å². The average Bonchev–Trinajstić information content (AvgIpc) is 3.26. The summed E-state index contributed by atoms with van der Waals surface area (Å²) in [6.07, 6.45) is 2.61. The number of benzene rings is 6. The number of nitrogens with one attached hydrogen (secondary N) is 2. The SMILES string of the molecule is COc1ccc(Oc2cccc3ncnc(N(C(=O)Nc4ccccc4)N(C(=O)Nc4cccc(Br)c4)c4ncnc5cccc(Oc6ccc(OC)cc6)c45)c23)cc1. The summed E-state index contributed by atoms with van der Waals surface area (Å²) >= 11 is 3.49. The molecule has 59 heavy (non-hydrogen) atoms. The van der Waals surface area contributed by atoms with E-state index in [2.05, 4.69) is 46.5 Å². The minimum Gasteiger partial charge on any atom is -0.497 e. The monoisotopic (exact) mass is 848 g/mol. The van der Waals surface area contributed by atoms with Gasteiger partial charge in [-0.15, -0.1) is 0 Å². The van der Waals surface area contributed by atoms with Crippen LogP contribution in [0.1, 0.15) is 0 Å². The van der Waals surface area contributed by atoms with Gasteiger partial charge < -0.3 is 29.6 Å². The van der Waals surface area contributed by atoms with E-state index in [1.54, 1.807) is 142 Å². The molecule has 0 unspecified atom stereocenters. The summed E-state index contributed by atoms with van der Waals surface area (Å²) in [7, 11) is 3.15. The summed E-state index contributed by atoms with van der Waals surface area (Å²) in [6.45, 7) is 0. The van der Waals surface area contributed by atoms with Gasteiger partial charge in [-0.05, 0) is 103 Å². The highest BCUT2D eigenvalue weighted by Gasteiger charge is 2.36. The molecule has 2 heterocycles. The quantitative estimate of drug-likeness (QED) is 0.127. The molecule has 8 aromatic rings. The number of methoxy groups -OCH3 is 2. The molecular formula is C44H33BrN8O6. The smallest absolute Gasteiger partial charge is 0.347 e. The Labute approximate surface area is 346 Å². The van der Waals surface area contributed by atoms with Crippen LogP contribution < -0.4 is 39.6 Å². The molecule has 0 bridgehead atoms. The average molecular weight is 850 g/mol. The van der Waals surface area contributed by atoms with Crippen LogP contribution >= 0.6 is 15.9 Å². The maximum atomic E-state index is 15.1. The van der Waals surface area contributed by atoms with Gasteiger partial charge in [-0.3, -0.25) is 0 Å². The third-order valence-electron chi connectivity index (χ3n) is 8.87. The van der Waals surface area contributed by atoms with E-state index < -0.39 is 12.1 Å². The Hall–Kier alpha value is -7.78. The third-order valence-corrected chi connectivity index (χ3v) is 9.36. The Balaban J connectivity index is 1.36.